The van der Waals surface area contributed by atoms with E-state index in [1.54, 1.807) is 11.1 Å². The van der Waals surface area contributed by atoms with E-state index in [0.717, 1.165) is 105 Å². The molecule has 9 saturated carbocycles. The van der Waals surface area contributed by atoms with Crippen LogP contribution in [0.5, 0.6) is 0 Å². The molecule has 2 aromatic carbocycles. The van der Waals surface area contributed by atoms with Gasteiger partial charge in [-0.25, -0.2) is 0 Å². The Balaban J connectivity index is 0.000000485. The van der Waals surface area contributed by atoms with E-state index >= 15 is 0 Å². The van der Waals surface area contributed by atoms with Crippen LogP contribution in [0.1, 0.15) is 276 Å². The first-order valence-electron chi connectivity index (χ1n) is 41.2. The van der Waals surface area contributed by atoms with E-state index in [1.807, 2.05) is 66.7 Å². The molecule has 2 aromatic rings. The van der Waals surface area contributed by atoms with E-state index in [-0.39, 0.29) is 196 Å². The van der Waals surface area contributed by atoms with Crippen LogP contribution in [0.15, 0.2) is 155 Å². The number of aliphatic hydroxyl groups excluding tert-OH is 6. The topological polar surface area (TPSA) is 156 Å². The molecule has 0 amide bonds. The Labute approximate surface area is 809 Å². The van der Waals surface area contributed by atoms with Crippen molar-refractivity contribution < 1.29 is 236 Å². The second-order valence-electron chi connectivity index (χ2n) is 36.3. The van der Waals surface area contributed by atoms with Crippen LogP contribution in [0.4, 0.5) is 0 Å². The third kappa shape index (κ3) is 28.9. The van der Waals surface area contributed by atoms with E-state index in [0.29, 0.717) is 89.4 Å². The molecule has 0 aliphatic heterocycles. The molecule has 3 unspecified atom stereocenters. The van der Waals surface area contributed by atoms with Crippen molar-refractivity contribution in [2.45, 2.75) is 312 Å². The predicted molar refractivity (Wildman–Crippen MR) is 429 cm³/mol. The summed E-state index contributed by atoms with van der Waals surface area (Å²) in [6.07, 6.45) is 42.3. The van der Waals surface area contributed by atoms with Gasteiger partial charge in [0.05, 0.1) is 36.6 Å². The average molecular weight is 1950 g/mol. The number of allylic oxidation sites excluding steroid dienone is 7. The summed E-state index contributed by atoms with van der Waals surface area (Å²) in [7, 11) is -2.81. The molecule has 9 fully saturated rings. The molecule has 8 nitrogen and oxygen atoms in total. The molecule has 108 heavy (non-hydrogen) atoms. The van der Waals surface area contributed by atoms with Gasteiger partial charge in [-0.05, 0) is 226 Å². The van der Waals surface area contributed by atoms with Crippen molar-refractivity contribution in [3.05, 3.63) is 155 Å². The number of Topliss-reactive ketones (excluding diaryl/α,β-unsaturated/α-hetero) is 1. The summed E-state index contributed by atoms with van der Waals surface area (Å²) in [5, 5.41) is 62.2. The predicted octanol–water partition coefficient (Wildman–Crippen LogP) is 21.4. The van der Waals surface area contributed by atoms with Gasteiger partial charge in [0.2, 0.25) is 0 Å². The fourth-order valence-electron chi connectivity index (χ4n) is 21.5. The summed E-state index contributed by atoms with van der Waals surface area (Å²) in [4.78, 5) is 12.2. The molecular formula is C93H143O8PY6. The number of carbonyl (C=O) groups is 1. The van der Waals surface area contributed by atoms with Crippen molar-refractivity contribution >= 4 is 23.5 Å². The fourth-order valence-corrected chi connectivity index (χ4v) is 24.1. The number of benzene rings is 2. The van der Waals surface area contributed by atoms with E-state index < -0.39 is 43.8 Å². The molecule has 9 aliphatic rings. The van der Waals surface area contributed by atoms with E-state index in [4.69, 9.17) is 0 Å². The Kier molecular flexibility index (Phi) is 50.2. The Morgan fingerprint density at radius 1 is 0.407 bits per heavy atom. The third-order valence-corrected chi connectivity index (χ3v) is 30.7. The van der Waals surface area contributed by atoms with Gasteiger partial charge < -0.3 is 35.2 Å². The van der Waals surface area contributed by atoms with E-state index in [9.17, 15) is 40.0 Å². The zero-order valence-electron chi connectivity index (χ0n) is 69.5. The normalized spacial score (nSPS) is 31.7. The quantitative estimate of drug-likeness (QED) is 0.0533. The van der Waals surface area contributed by atoms with Gasteiger partial charge in [0, 0.05) is 225 Å². The summed E-state index contributed by atoms with van der Waals surface area (Å²) in [6, 6.07) is 19.0. The molecule has 0 bridgehead atoms. The zero-order chi connectivity index (χ0) is 74.3. The maximum atomic E-state index is 13.9. The van der Waals surface area contributed by atoms with Crippen LogP contribution in [-0.4, -0.2) is 79.2 Å². The number of ketones is 1. The van der Waals surface area contributed by atoms with Gasteiger partial charge in [0.15, 0.2) is 0 Å². The molecule has 9 aliphatic carbocycles. The first-order valence-corrected chi connectivity index (χ1v) is 43.1. The number of carbonyl (C=O) groups excluding carboxylic acids is 1. The van der Waals surface area contributed by atoms with Crippen molar-refractivity contribution in [3.63, 3.8) is 0 Å². The van der Waals surface area contributed by atoms with Gasteiger partial charge in [-0.1, -0.05) is 280 Å². The minimum atomic E-state index is -2.81. The molecule has 0 saturated heterocycles. The van der Waals surface area contributed by atoms with Crippen LogP contribution < -0.4 is 10.6 Å². The molecule has 6 N–H and O–H groups in total. The van der Waals surface area contributed by atoms with Crippen molar-refractivity contribution in [1.82, 2.24) is 0 Å². The Bertz CT molecular complexity index is 3090. The van der Waals surface area contributed by atoms with Crippen molar-refractivity contribution in [1.29, 1.82) is 0 Å². The van der Waals surface area contributed by atoms with E-state index in [1.165, 1.54) is 141 Å². The molecular weight excluding hydrogens is 1810 g/mol. The van der Waals surface area contributed by atoms with E-state index in [2.05, 4.69) is 127 Å². The smallest absolute Gasteiger partial charge is 0.146 e. The summed E-state index contributed by atoms with van der Waals surface area (Å²) in [5.41, 5.74) is 9.36. The molecule has 0 aromatic heterocycles. The number of fused-ring (bicyclic) bond motifs is 3. The minimum absolute atomic E-state index is 0. The zero-order valence-corrected chi connectivity index (χ0v) is 87.4. The van der Waals surface area contributed by atoms with Crippen molar-refractivity contribution in [3.8, 4) is 0 Å². The number of hydrogen-bond acceptors (Lipinski definition) is 8. The van der Waals surface area contributed by atoms with Gasteiger partial charge in [-0.15, -0.1) is 0 Å². The molecule has 11 rings (SSSR count). The SMILES string of the molecule is C=C1[C@H](O)CC(=C/C=C2\CCC[C@]3(C)C([C@@H](C)CCCC(C)C)CC[C@@H]23)C[C@H]1O.C=C1[C@H](O)CC(=C/C=C2\CCC[C@]3(C)C([C@@H](C)CCCC(C)C)CC[C@@H]23)C[C@H]1O.C=C1[C@H](O)CC(=CCP(=O)(c2ccccc2)c2ccccc2)C[C@H]1O.CC(C)CCC[C@H](C)C1CC[C@H]2C(=O)CCC[C@]12C.[Y].[Y].[Y].[Y].[Y].[Y]. The van der Waals surface area contributed by atoms with Crippen LogP contribution in [0.25, 0.3) is 0 Å². The molecule has 15 heteroatoms. The van der Waals surface area contributed by atoms with Crippen LogP contribution in [-0.2, 0) is 206 Å². The van der Waals surface area contributed by atoms with Crippen LogP contribution in [0, 0.1) is 87.3 Å². The molecule has 0 spiro atoms. The van der Waals surface area contributed by atoms with Gasteiger partial charge in [-0.3, -0.25) is 4.79 Å². The Morgan fingerprint density at radius 2 is 0.694 bits per heavy atom. The van der Waals surface area contributed by atoms with Crippen molar-refractivity contribution in [2.75, 3.05) is 6.16 Å². The van der Waals surface area contributed by atoms with Gasteiger partial charge in [0.1, 0.15) is 12.9 Å². The molecule has 0 heterocycles. The number of rotatable bonds is 21. The maximum Gasteiger partial charge on any atom is 0.146 e. The monoisotopic (exact) mass is 1950 g/mol. The number of aliphatic hydroxyl groups is 6. The largest absolute Gasteiger partial charge is 0.388 e. The Hall–Kier alpha value is 2.64. The average Bonchev–Trinajstić information content (AvgIpc) is 1.60. The number of hydrogen-bond donors (Lipinski definition) is 6. The van der Waals surface area contributed by atoms with Crippen molar-refractivity contribution in [2.24, 2.45) is 87.3 Å². The standard InChI is InChI=1S/2C27H44O2.C21H23O3P.C18H32O.6Y/c2*1-18(2)8-6-9-19(3)23-13-14-24-22(10-7-15-27(23,24)5)12-11-21-16-25(28)20(4)26(29)17-21;1-16-20(22)14-17(15-21(16)23)12-13-25(24,18-8-4-2-5-9-18)19-10-6-3-7-11-19;1-13(2)7-5-8-14(3)15-10-11-16-17(19)9-6-12-18(15,16)4;;;;;;/h2*11-12,18-19,23-26,28-29H,4,6-10,13-17H2,1-3,5H3;2-12,20-23H,1,13-15H2;13-16H,5-12H2,1-4H3;;;;;;/b2*22-12+;;;;;;;;/t2*19-,23?,24-,25+,26+,27+;20-,21-;14-,15?,16-,18+;;;;;;/m0010....../s1. The van der Waals surface area contributed by atoms with Crippen LogP contribution >= 0.6 is 7.14 Å². The third-order valence-electron chi connectivity index (χ3n) is 27.7. The first-order chi connectivity index (χ1) is 48.4. The fraction of sp³-hybridized carbons (Fsp3) is 0.688. The van der Waals surface area contributed by atoms with Gasteiger partial charge in [0.25, 0.3) is 0 Å². The molecule has 18 atom stereocenters. The minimum Gasteiger partial charge on any atom is -0.388 e. The maximum absolute atomic E-state index is 13.9. The summed E-state index contributed by atoms with van der Waals surface area (Å²) in [5.74, 6) is 9.87. The summed E-state index contributed by atoms with van der Waals surface area (Å²) < 4.78 is 13.9. The summed E-state index contributed by atoms with van der Waals surface area (Å²) >= 11 is 0. The summed E-state index contributed by atoms with van der Waals surface area (Å²) in [6.45, 7) is 40.4. The van der Waals surface area contributed by atoms with Crippen LogP contribution in [0.3, 0.4) is 0 Å². The first kappa shape index (κ1) is 107. The van der Waals surface area contributed by atoms with Gasteiger partial charge in [-0.2, -0.15) is 0 Å². The molecule has 586 valence electrons. The van der Waals surface area contributed by atoms with Crippen LogP contribution in [0.2, 0.25) is 0 Å². The molecule has 6 radical (unpaired) electrons. The Morgan fingerprint density at radius 3 is 1.01 bits per heavy atom. The second kappa shape index (κ2) is 50.8. The second-order valence-corrected chi connectivity index (χ2v) is 39.2. The van der Waals surface area contributed by atoms with Gasteiger partial charge >= 0.3 is 0 Å².